The molecule has 1 saturated heterocycles. The summed E-state index contributed by atoms with van der Waals surface area (Å²) in [5, 5.41) is 3.43. The molecular weight excluding hydrogens is 575 g/mol. The average Bonchev–Trinajstić information content (AvgIpc) is 3.74. The van der Waals surface area contributed by atoms with Crippen LogP contribution in [0.5, 0.6) is 11.5 Å². The van der Waals surface area contributed by atoms with Gasteiger partial charge in [0.25, 0.3) is 5.91 Å². The molecule has 242 valence electrons. The molecule has 1 heterocycles. The molecule has 2 fully saturated rings. The second-order valence-corrected chi connectivity index (χ2v) is 11.9. The molecule has 11 heteroatoms. The van der Waals surface area contributed by atoms with Gasteiger partial charge in [-0.1, -0.05) is 18.2 Å². The van der Waals surface area contributed by atoms with Gasteiger partial charge < -0.3 is 29.3 Å². The third-order valence-corrected chi connectivity index (χ3v) is 8.30. The van der Waals surface area contributed by atoms with Crippen LogP contribution in [-0.4, -0.2) is 87.3 Å². The number of alkyl halides is 3. The Kier molecular flexibility index (Phi) is 11.5. The number of benzene rings is 2. The number of hydrogen-bond acceptors (Lipinski definition) is 6. The Morgan fingerprint density at radius 2 is 1.70 bits per heavy atom. The second kappa shape index (κ2) is 15.1. The van der Waals surface area contributed by atoms with E-state index in [0.29, 0.717) is 68.4 Å². The lowest BCUT2D eigenvalue weighted by Gasteiger charge is -2.34. The SMILES string of the molecule is COCCCOc1cc(C(=O)N(CC2CNCC2CN(C(=O)Cc2cccc(C(F)(F)F)c2)C2CC2)C(C)C)ccc1OC. The Labute approximate surface area is 257 Å². The van der Waals surface area contributed by atoms with E-state index in [0.717, 1.165) is 25.0 Å². The molecule has 8 nitrogen and oxygen atoms in total. The minimum atomic E-state index is -4.46. The lowest BCUT2D eigenvalue weighted by molar-refractivity contribution is -0.138. The number of carbonyl (C=O) groups excluding carboxylic acids is 2. The van der Waals surface area contributed by atoms with Crippen LogP contribution in [0.15, 0.2) is 42.5 Å². The lowest BCUT2D eigenvalue weighted by Crippen LogP contribution is -2.45. The molecule has 2 atom stereocenters. The normalized spacial score (nSPS) is 18.4. The Balaban J connectivity index is 1.44. The summed E-state index contributed by atoms with van der Waals surface area (Å²) in [6.45, 7) is 7.37. The summed E-state index contributed by atoms with van der Waals surface area (Å²) in [7, 11) is 3.19. The first kappa shape index (κ1) is 33.6. The highest BCUT2D eigenvalue weighted by Gasteiger charge is 2.39. The van der Waals surface area contributed by atoms with Crippen molar-refractivity contribution >= 4 is 11.8 Å². The van der Waals surface area contributed by atoms with Gasteiger partial charge >= 0.3 is 6.18 Å². The molecule has 2 aliphatic rings. The molecule has 4 rings (SSSR count). The molecule has 44 heavy (non-hydrogen) atoms. The minimum Gasteiger partial charge on any atom is -0.493 e. The summed E-state index contributed by atoms with van der Waals surface area (Å²) < 4.78 is 56.1. The Morgan fingerprint density at radius 3 is 2.34 bits per heavy atom. The second-order valence-electron chi connectivity index (χ2n) is 11.9. The van der Waals surface area contributed by atoms with Crippen molar-refractivity contribution < 1.29 is 37.0 Å². The van der Waals surface area contributed by atoms with Crippen LogP contribution in [0.3, 0.4) is 0 Å². The van der Waals surface area contributed by atoms with Crippen LogP contribution in [0.25, 0.3) is 0 Å². The number of nitrogens with one attached hydrogen (secondary N) is 1. The number of halogens is 3. The van der Waals surface area contributed by atoms with Crippen molar-refractivity contribution in [3.05, 3.63) is 59.2 Å². The maximum atomic E-state index is 13.8. The number of methoxy groups -OCH3 is 2. The number of carbonyl (C=O) groups is 2. The zero-order valence-corrected chi connectivity index (χ0v) is 26.0. The maximum absolute atomic E-state index is 13.8. The zero-order valence-electron chi connectivity index (χ0n) is 26.0. The van der Waals surface area contributed by atoms with Crippen LogP contribution in [0.2, 0.25) is 0 Å². The molecule has 2 aromatic carbocycles. The van der Waals surface area contributed by atoms with Crippen molar-refractivity contribution in [3.8, 4) is 11.5 Å². The van der Waals surface area contributed by atoms with E-state index in [1.165, 1.54) is 6.07 Å². The first-order valence-electron chi connectivity index (χ1n) is 15.3. The molecule has 0 bridgehead atoms. The van der Waals surface area contributed by atoms with E-state index in [-0.39, 0.29) is 42.2 Å². The van der Waals surface area contributed by atoms with Crippen LogP contribution in [0, 0.1) is 11.8 Å². The van der Waals surface area contributed by atoms with Crippen LogP contribution in [0.4, 0.5) is 13.2 Å². The van der Waals surface area contributed by atoms with E-state index < -0.39 is 11.7 Å². The largest absolute Gasteiger partial charge is 0.493 e. The van der Waals surface area contributed by atoms with E-state index in [1.807, 2.05) is 23.6 Å². The number of hydrogen-bond donors (Lipinski definition) is 1. The average molecular weight is 620 g/mol. The molecule has 1 aliphatic carbocycles. The maximum Gasteiger partial charge on any atom is 0.416 e. The molecule has 1 N–H and O–H groups in total. The van der Waals surface area contributed by atoms with E-state index >= 15 is 0 Å². The van der Waals surface area contributed by atoms with Crippen molar-refractivity contribution in [2.45, 2.75) is 57.8 Å². The number of nitrogens with zero attached hydrogens (tertiary/aromatic N) is 2. The minimum absolute atomic E-state index is 0.0704. The zero-order chi connectivity index (χ0) is 31.9. The van der Waals surface area contributed by atoms with Gasteiger partial charge in [0, 0.05) is 64.0 Å². The van der Waals surface area contributed by atoms with E-state index in [4.69, 9.17) is 14.2 Å². The highest BCUT2D eigenvalue weighted by Crippen LogP contribution is 2.33. The van der Waals surface area contributed by atoms with Gasteiger partial charge in [0.05, 0.1) is 25.7 Å². The Bertz CT molecular complexity index is 1270. The van der Waals surface area contributed by atoms with Crippen LogP contribution in [-0.2, 0) is 22.1 Å². The van der Waals surface area contributed by atoms with Gasteiger partial charge in [-0.3, -0.25) is 9.59 Å². The summed E-state index contributed by atoms with van der Waals surface area (Å²) in [6, 6.07) is 10.2. The summed E-state index contributed by atoms with van der Waals surface area (Å²) in [5.41, 5.74) is 0.107. The Morgan fingerprint density at radius 1 is 0.977 bits per heavy atom. The number of rotatable bonds is 15. The lowest BCUT2D eigenvalue weighted by atomic mass is 9.93. The molecule has 2 unspecified atom stereocenters. The first-order valence-corrected chi connectivity index (χ1v) is 15.3. The van der Waals surface area contributed by atoms with E-state index in [1.54, 1.807) is 38.5 Å². The highest BCUT2D eigenvalue weighted by molar-refractivity contribution is 5.95. The predicted molar refractivity (Wildman–Crippen MR) is 161 cm³/mol. The molecule has 0 spiro atoms. The standard InChI is InChI=1S/C33H44F3N3O5/c1-22(2)38(32(41)24-9-12-29(43-4)30(17-24)44-14-6-13-42-3)20-25-18-37-19-26(25)21-39(28-10-11-28)31(40)16-23-7-5-8-27(15-23)33(34,35)36/h5,7-9,12,15,17,22,25-26,28,37H,6,10-11,13-14,16,18-21H2,1-4H3. The van der Waals surface area contributed by atoms with Gasteiger partial charge in [-0.25, -0.2) is 0 Å². The third kappa shape index (κ3) is 8.88. The molecule has 2 aromatic rings. The highest BCUT2D eigenvalue weighted by atomic mass is 19.4. The number of amides is 2. The fourth-order valence-corrected chi connectivity index (χ4v) is 5.70. The summed E-state index contributed by atoms with van der Waals surface area (Å²) in [6.07, 6.45) is -2.05. The van der Waals surface area contributed by atoms with Crippen molar-refractivity contribution in [1.29, 1.82) is 0 Å². The quantitative estimate of drug-likeness (QED) is 0.281. The van der Waals surface area contributed by atoms with Gasteiger partial charge in [0.15, 0.2) is 11.5 Å². The third-order valence-electron chi connectivity index (χ3n) is 8.30. The topological polar surface area (TPSA) is 80.3 Å². The van der Waals surface area contributed by atoms with Crippen LogP contribution < -0.4 is 14.8 Å². The smallest absolute Gasteiger partial charge is 0.416 e. The molecule has 1 saturated carbocycles. The number of ether oxygens (including phenoxy) is 3. The molecular formula is C33H44F3N3O5. The fraction of sp³-hybridized carbons (Fsp3) is 0.576. The fourth-order valence-electron chi connectivity index (χ4n) is 5.70. The van der Waals surface area contributed by atoms with Crippen LogP contribution >= 0.6 is 0 Å². The monoisotopic (exact) mass is 619 g/mol. The van der Waals surface area contributed by atoms with Gasteiger partial charge in [-0.15, -0.1) is 0 Å². The Hall–Kier alpha value is -3.31. The summed E-state index contributed by atoms with van der Waals surface area (Å²) >= 11 is 0. The van der Waals surface area contributed by atoms with Gasteiger partial charge in [0.2, 0.25) is 5.91 Å². The first-order chi connectivity index (χ1) is 21.0. The summed E-state index contributed by atoms with van der Waals surface area (Å²) in [4.78, 5) is 30.9. The molecule has 2 amide bonds. The molecule has 0 aromatic heterocycles. The predicted octanol–water partition coefficient (Wildman–Crippen LogP) is 5.05. The molecule has 1 aliphatic heterocycles. The molecule has 0 radical (unpaired) electrons. The van der Waals surface area contributed by atoms with Gasteiger partial charge in [-0.05, 0) is 68.4 Å². The van der Waals surface area contributed by atoms with Crippen molar-refractivity contribution in [2.24, 2.45) is 11.8 Å². The van der Waals surface area contributed by atoms with Crippen LogP contribution in [0.1, 0.15) is 54.6 Å². The van der Waals surface area contributed by atoms with E-state index in [2.05, 4.69) is 5.32 Å². The van der Waals surface area contributed by atoms with Gasteiger partial charge in [0.1, 0.15) is 0 Å². The van der Waals surface area contributed by atoms with Crippen molar-refractivity contribution in [2.75, 3.05) is 53.6 Å². The van der Waals surface area contributed by atoms with E-state index in [9.17, 15) is 22.8 Å². The summed E-state index contributed by atoms with van der Waals surface area (Å²) in [5.74, 6) is 0.973. The van der Waals surface area contributed by atoms with Crippen molar-refractivity contribution in [3.63, 3.8) is 0 Å². The van der Waals surface area contributed by atoms with Crippen molar-refractivity contribution in [1.82, 2.24) is 15.1 Å². The van der Waals surface area contributed by atoms with Gasteiger partial charge in [-0.2, -0.15) is 13.2 Å².